The first-order chi connectivity index (χ1) is 20.5. The summed E-state index contributed by atoms with van der Waals surface area (Å²) in [6.45, 7) is 8.55. The van der Waals surface area contributed by atoms with Gasteiger partial charge in [0.25, 0.3) is 5.95 Å². The van der Waals surface area contributed by atoms with Crippen molar-refractivity contribution in [2.24, 2.45) is 5.92 Å². The highest BCUT2D eigenvalue weighted by Gasteiger charge is 2.39. The van der Waals surface area contributed by atoms with Gasteiger partial charge in [-0.2, -0.15) is 41.1 Å². The molecule has 0 bridgehead atoms. The van der Waals surface area contributed by atoms with Gasteiger partial charge in [-0.05, 0) is 55.4 Å². The van der Waals surface area contributed by atoms with Crippen LogP contribution in [0.25, 0.3) is 16.9 Å². The number of halogens is 7. The molecule has 2 aliphatic heterocycles. The van der Waals surface area contributed by atoms with Gasteiger partial charge in [-0.1, -0.05) is 26.0 Å². The third-order valence-electron chi connectivity index (χ3n) is 6.84. The highest BCUT2D eigenvalue weighted by atomic mass is 19.4. The average Bonchev–Trinajstić information content (AvgIpc) is 3.72. The smallest absolute Gasteiger partial charge is 0.475 e. The molecule has 0 aliphatic carbocycles. The molecule has 0 spiro atoms. The summed E-state index contributed by atoms with van der Waals surface area (Å²) < 4.78 is 85.1. The molecule has 2 fully saturated rings. The van der Waals surface area contributed by atoms with Gasteiger partial charge in [0.2, 0.25) is 5.89 Å². The maximum atomic E-state index is 14.6. The van der Waals surface area contributed by atoms with Crippen molar-refractivity contribution in [1.82, 2.24) is 30.1 Å². The zero-order chi connectivity index (χ0) is 32.8. The van der Waals surface area contributed by atoms with Crippen LogP contribution >= 0.6 is 0 Å². The number of fused-ring (bicyclic) bond motifs is 1. The second kappa shape index (κ2) is 14.3. The first kappa shape index (κ1) is 34.7. The second-order valence-electron chi connectivity index (χ2n) is 10.6. The fraction of sp³-hybridized carbons (Fsp3) is 0.577. The topological polar surface area (TPSA) is 147 Å². The normalized spacial score (nSPS) is 19.0. The quantitative estimate of drug-likeness (QED) is 0.328. The Bertz CT molecular complexity index is 1390. The predicted molar refractivity (Wildman–Crippen MR) is 140 cm³/mol. The molecule has 1 aromatic carbocycles. The zero-order valence-electron chi connectivity index (χ0n) is 23.6. The number of hydrogen-bond acceptors (Lipinski definition) is 8. The number of carboxylic acid groups (broad SMARTS) is 2. The van der Waals surface area contributed by atoms with E-state index in [1.807, 2.05) is 19.9 Å². The zero-order valence-corrected chi connectivity index (χ0v) is 23.6. The lowest BCUT2D eigenvalue weighted by Gasteiger charge is -2.20. The predicted octanol–water partition coefficient (Wildman–Crippen LogP) is 4.55. The third kappa shape index (κ3) is 9.35. The van der Waals surface area contributed by atoms with Crippen LogP contribution in [-0.2, 0) is 16.0 Å². The number of alkyl halides is 6. The number of nitrogens with zero attached hydrogens (tertiary/aromatic N) is 5. The number of hydrogen-bond donors (Lipinski definition) is 3. The van der Waals surface area contributed by atoms with E-state index in [1.54, 1.807) is 6.07 Å². The van der Waals surface area contributed by atoms with Crippen LogP contribution in [0, 0.1) is 11.7 Å². The molecule has 5 rings (SSSR count). The first-order valence-electron chi connectivity index (χ1n) is 13.5. The third-order valence-corrected chi connectivity index (χ3v) is 6.84. The molecule has 3 N–H and O–H groups in total. The van der Waals surface area contributed by atoms with Crippen molar-refractivity contribution in [2.45, 2.75) is 63.8 Å². The van der Waals surface area contributed by atoms with Gasteiger partial charge in [-0.15, -0.1) is 0 Å². The molecular weight excluding hydrogens is 609 g/mol. The number of likely N-dealkylation sites (tertiary alicyclic amines) is 1. The summed E-state index contributed by atoms with van der Waals surface area (Å²) in [6.07, 6.45) is -5.71. The van der Waals surface area contributed by atoms with Crippen molar-refractivity contribution in [1.29, 1.82) is 0 Å². The van der Waals surface area contributed by atoms with Gasteiger partial charge in [-0.3, -0.25) is 0 Å². The van der Waals surface area contributed by atoms with Crippen LogP contribution in [0.3, 0.4) is 0 Å². The van der Waals surface area contributed by atoms with Crippen molar-refractivity contribution in [2.75, 3.05) is 26.2 Å². The molecule has 0 saturated carbocycles. The van der Waals surface area contributed by atoms with Gasteiger partial charge in [0.15, 0.2) is 0 Å². The number of aliphatic carboxylic acids is 2. The van der Waals surface area contributed by atoms with E-state index in [0.717, 1.165) is 50.1 Å². The molecule has 2 aromatic heterocycles. The lowest BCUT2D eigenvalue weighted by atomic mass is 10.1. The number of nitrogens with one attached hydrogen (secondary N) is 1. The lowest BCUT2D eigenvalue weighted by molar-refractivity contribution is -0.193. The molecule has 0 unspecified atom stereocenters. The summed E-state index contributed by atoms with van der Waals surface area (Å²) in [7, 11) is 0. The van der Waals surface area contributed by atoms with E-state index in [0.29, 0.717) is 29.3 Å². The van der Waals surface area contributed by atoms with E-state index in [-0.39, 0.29) is 11.7 Å². The van der Waals surface area contributed by atoms with Crippen LogP contribution in [0.15, 0.2) is 22.7 Å². The molecule has 2 aliphatic rings. The van der Waals surface area contributed by atoms with E-state index in [1.165, 1.54) is 23.6 Å². The Morgan fingerprint density at radius 2 is 1.73 bits per heavy atom. The molecule has 0 amide bonds. The van der Waals surface area contributed by atoms with Crippen molar-refractivity contribution >= 4 is 22.8 Å². The Morgan fingerprint density at radius 3 is 2.27 bits per heavy atom. The van der Waals surface area contributed by atoms with Gasteiger partial charge in [-0.25, -0.2) is 14.0 Å². The average molecular weight is 641 g/mol. The molecule has 244 valence electrons. The maximum Gasteiger partial charge on any atom is 0.490 e. The number of aromatic nitrogens is 4. The summed E-state index contributed by atoms with van der Waals surface area (Å²) in [5, 5.41) is 27.3. The van der Waals surface area contributed by atoms with Crippen molar-refractivity contribution < 1.29 is 55.1 Å². The number of benzene rings is 1. The van der Waals surface area contributed by atoms with Crippen LogP contribution in [-0.4, -0.2) is 91.5 Å². The van der Waals surface area contributed by atoms with Crippen LogP contribution < -0.4 is 5.32 Å². The molecule has 3 aromatic rings. The number of rotatable bonds is 6. The van der Waals surface area contributed by atoms with E-state index >= 15 is 0 Å². The maximum absolute atomic E-state index is 14.6. The van der Waals surface area contributed by atoms with Crippen LogP contribution in [0.2, 0.25) is 0 Å². The number of para-hydroxylation sites is 1. The van der Waals surface area contributed by atoms with Crippen LogP contribution in [0.4, 0.5) is 30.7 Å². The Hall–Kier alpha value is -3.80. The van der Waals surface area contributed by atoms with Crippen LogP contribution in [0.1, 0.15) is 50.6 Å². The molecule has 11 nitrogen and oxygen atoms in total. The van der Waals surface area contributed by atoms with Crippen molar-refractivity contribution in [3.63, 3.8) is 0 Å². The molecular formula is C26H31F7N6O5. The van der Waals surface area contributed by atoms with Gasteiger partial charge in [0.1, 0.15) is 11.3 Å². The van der Waals surface area contributed by atoms with Gasteiger partial charge in [0, 0.05) is 30.9 Å². The molecule has 2 atom stereocenters. The lowest BCUT2D eigenvalue weighted by Crippen LogP contribution is -2.36. The summed E-state index contributed by atoms with van der Waals surface area (Å²) in [5.74, 6) is -4.26. The summed E-state index contributed by atoms with van der Waals surface area (Å²) >= 11 is 0. The van der Waals surface area contributed by atoms with E-state index in [4.69, 9.17) is 24.3 Å². The summed E-state index contributed by atoms with van der Waals surface area (Å²) in [6, 6.07) is 5.68. The van der Waals surface area contributed by atoms with Gasteiger partial charge < -0.3 is 25.0 Å². The van der Waals surface area contributed by atoms with Gasteiger partial charge >= 0.3 is 24.3 Å². The first-order valence-corrected chi connectivity index (χ1v) is 13.5. The molecule has 0 radical (unpaired) electrons. The highest BCUT2D eigenvalue weighted by Crippen LogP contribution is 2.29. The molecule has 18 heteroatoms. The van der Waals surface area contributed by atoms with Gasteiger partial charge in [0.05, 0.1) is 5.69 Å². The van der Waals surface area contributed by atoms with Crippen molar-refractivity contribution in [3.05, 3.63) is 35.6 Å². The number of carboxylic acids is 2. The molecule has 4 heterocycles. The summed E-state index contributed by atoms with van der Waals surface area (Å²) in [5.41, 5.74) is 1.24. The molecule has 2 saturated heterocycles. The Morgan fingerprint density at radius 1 is 1.09 bits per heavy atom. The Balaban J connectivity index is 0.000000317. The second-order valence-corrected chi connectivity index (χ2v) is 10.6. The Kier molecular flexibility index (Phi) is 11.3. The monoisotopic (exact) mass is 640 g/mol. The minimum Gasteiger partial charge on any atom is -0.475 e. The standard InChI is InChI=1S/C22H29FN6O.2C2HF3O2/c1-14(2)20-17-6-3-7-18(23)21(17)29(26-20)22-25-19(30-27-22)11-15-8-10-28(12-15)13-16-5-4-9-24-16;2*3-2(4,5)1(6)7/h3,6-7,14-16,24H,4-5,8-13H2,1-2H3;2*(H,6,7)/t15-,16-;;/m0../s1. The van der Waals surface area contributed by atoms with Crippen molar-refractivity contribution in [3.8, 4) is 5.95 Å². The van der Waals surface area contributed by atoms with E-state index in [2.05, 4.69) is 25.5 Å². The van der Waals surface area contributed by atoms with E-state index in [9.17, 15) is 30.7 Å². The SMILES string of the molecule is CC(C)c1nn(-c2noc(C[C@@H]3CCN(C[C@@H]4CCCN4)C3)n2)c2c(F)cccc12.O=C(O)C(F)(F)F.O=C(O)C(F)(F)F. The fourth-order valence-corrected chi connectivity index (χ4v) is 4.85. The minimum atomic E-state index is -5.08. The minimum absolute atomic E-state index is 0.167. The number of carbonyl (C=O) groups is 2. The highest BCUT2D eigenvalue weighted by molar-refractivity contribution is 5.84. The molecule has 44 heavy (non-hydrogen) atoms. The van der Waals surface area contributed by atoms with E-state index < -0.39 is 24.3 Å². The Labute approximate surface area is 246 Å². The largest absolute Gasteiger partial charge is 0.490 e. The summed E-state index contributed by atoms with van der Waals surface area (Å²) in [4.78, 5) is 24.9. The fourth-order valence-electron chi connectivity index (χ4n) is 4.85. The van der Waals surface area contributed by atoms with Crippen LogP contribution in [0.5, 0.6) is 0 Å².